The molecule has 1 fully saturated rings. The number of nitrogens with zero attached hydrogens (tertiary/aromatic N) is 6. The SMILES string of the molecule is Cc1cc(C)n(-c2ccc(N3CCN(C(=O)Nc4ccc5ccccc5c4)CC3)nn2)n1. The monoisotopic (exact) mass is 427 g/mol. The second-order valence-corrected chi connectivity index (χ2v) is 8.05. The van der Waals surface area contributed by atoms with Gasteiger partial charge in [0.1, 0.15) is 0 Å². The van der Waals surface area contributed by atoms with Crippen molar-refractivity contribution in [3.05, 3.63) is 72.1 Å². The van der Waals surface area contributed by atoms with Gasteiger partial charge in [0.15, 0.2) is 11.6 Å². The molecular weight excluding hydrogens is 402 g/mol. The second kappa shape index (κ2) is 8.30. The number of rotatable bonds is 3. The molecule has 8 nitrogen and oxygen atoms in total. The predicted molar refractivity (Wildman–Crippen MR) is 125 cm³/mol. The Morgan fingerprint density at radius 2 is 1.56 bits per heavy atom. The zero-order valence-electron chi connectivity index (χ0n) is 18.2. The molecule has 5 rings (SSSR count). The van der Waals surface area contributed by atoms with E-state index in [1.54, 1.807) is 4.68 Å². The average molecular weight is 428 g/mol. The van der Waals surface area contributed by atoms with Gasteiger partial charge in [0.25, 0.3) is 0 Å². The Labute approximate surface area is 186 Å². The number of urea groups is 1. The number of anilines is 2. The Balaban J connectivity index is 1.20. The quantitative estimate of drug-likeness (QED) is 0.538. The van der Waals surface area contributed by atoms with Crippen molar-refractivity contribution in [2.45, 2.75) is 13.8 Å². The molecule has 0 atom stereocenters. The van der Waals surface area contributed by atoms with Crippen molar-refractivity contribution in [2.24, 2.45) is 0 Å². The van der Waals surface area contributed by atoms with Gasteiger partial charge < -0.3 is 15.1 Å². The van der Waals surface area contributed by atoms with Crippen molar-refractivity contribution in [3.8, 4) is 5.82 Å². The summed E-state index contributed by atoms with van der Waals surface area (Å²) in [5, 5.41) is 18.5. The van der Waals surface area contributed by atoms with E-state index < -0.39 is 0 Å². The number of benzene rings is 2. The van der Waals surface area contributed by atoms with E-state index in [-0.39, 0.29) is 6.03 Å². The lowest BCUT2D eigenvalue weighted by molar-refractivity contribution is 0.208. The smallest absolute Gasteiger partial charge is 0.321 e. The van der Waals surface area contributed by atoms with Crippen LogP contribution in [0.3, 0.4) is 0 Å². The van der Waals surface area contributed by atoms with Crippen LogP contribution in [0.5, 0.6) is 0 Å². The third-order valence-electron chi connectivity index (χ3n) is 5.75. The number of piperazine rings is 1. The minimum atomic E-state index is -0.0779. The van der Waals surface area contributed by atoms with Crippen LogP contribution in [-0.4, -0.2) is 57.1 Å². The van der Waals surface area contributed by atoms with Crippen LogP contribution < -0.4 is 10.2 Å². The molecule has 32 heavy (non-hydrogen) atoms. The highest BCUT2D eigenvalue weighted by Crippen LogP contribution is 2.20. The van der Waals surface area contributed by atoms with Gasteiger partial charge in [-0.3, -0.25) is 0 Å². The maximum Gasteiger partial charge on any atom is 0.321 e. The Bertz CT molecular complexity index is 1260. The summed E-state index contributed by atoms with van der Waals surface area (Å²) >= 11 is 0. The summed E-state index contributed by atoms with van der Waals surface area (Å²) < 4.78 is 1.79. The maximum atomic E-state index is 12.7. The normalized spacial score (nSPS) is 14.1. The highest BCUT2D eigenvalue weighted by molar-refractivity contribution is 5.93. The minimum Gasteiger partial charge on any atom is -0.352 e. The first-order valence-electron chi connectivity index (χ1n) is 10.7. The van der Waals surface area contributed by atoms with Crippen LogP contribution in [0.2, 0.25) is 0 Å². The lowest BCUT2D eigenvalue weighted by Crippen LogP contribution is -2.50. The van der Waals surface area contributed by atoms with E-state index in [0.717, 1.165) is 33.7 Å². The van der Waals surface area contributed by atoms with E-state index in [2.05, 4.69) is 31.6 Å². The van der Waals surface area contributed by atoms with Crippen LogP contribution in [0.25, 0.3) is 16.6 Å². The number of carbonyl (C=O) groups excluding carboxylic acids is 1. The average Bonchev–Trinajstić information content (AvgIpc) is 3.17. The van der Waals surface area contributed by atoms with E-state index in [4.69, 9.17) is 0 Å². The molecule has 1 N–H and O–H groups in total. The van der Waals surface area contributed by atoms with Gasteiger partial charge >= 0.3 is 6.03 Å². The van der Waals surface area contributed by atoms with Gasteiger partial charge in [-0.1, -0.05) is 30.3 Å². The molecule has 2 aromatic carbocycles. The van der Waals surface area contributed by atoms with Gasteiger partial charge in [0.05, 0.1) is 5.69 Å². The number of aromatic nitrogens is 4. The van der Waals surface area contributed by atoms with Crippen LogP contribution >= 0.6 is 0 Å². The molecule has 0 bridgehead atoms. The van der Waals surface area contributed by atoms with Crippen LogP contribution in [-0.2, 0) is 0 Å². The lowest BCUT2D eigenvalue weighted by Gasteiger charge is -2.35. The van der Waals surface area contributed by atoms with Crippen molar-refractivity contribution in [3.63, 3.8) is 0 Å². The number of nitrogens with one attached hydrogen (secondary N) is 1. The van der Waals surface area contributed by atoms with E-state index in [0.29, 0.717) is 32.0 Å². The molecule has 0 saturated carbocycles. The largest absolute Gasteiger partial charge is 0.352 e. The summed E-state index contributed by atoms with van der Waals surface area (Å²) in [5.74, 6) is 1.51. The number of hydrogen-bond acceptors (Lipinski definition) is 5. The van der Waals surface area contributed by atoms with Crippen molar-refractivity contribution >= 4 is 28.3 Å². The van der Waals surface area contributed by atoms with Crippen molar-refractivity contribution in [2.75, 3.05) is 36.4 Å². The van der Waals surface area contributed by atoms with Crippen molar-refractivity contribution in [1.82, 2.24) is 24.9 Å². The molecule has 0 radical (unpaired) electrons. The van der Waals surface area contributed by atoms with E-state index in [1.165, 1.54) is 0 Å². The summed E-state index contributed by atoms with van der Waals surface area (Å²) in [6, 6.07) is 19.9. The van der Waals surface area contributed by atoms with Crippen molar-refractivity contribution < 1.29 is 4.79 Å². The zero-order chi connectivity index (χ0) is 22.1. The maximum absolute atomic E-state index is 12.7. The molecule has 2 aromatic heterocycles. The number of hydrogen-bond donors (Lipinski definition) is 1. The zero-order valence-corrected chi connectivity index (χ0v) is 18.2. The molecule has 4 aromatic rings. The Hall–Kier alpha value is -3.94. The molecule has 1 saturated heterocycles. The summed E-state index contributed by atoms with van der Waals surface area (Å²) in [6.45, 7) is 6.62. The van der Waals surface area contributed by atoms with Crippen LogP contribution in [0.4, 0.5) is 16.3 Å². The summed E-state index contributed by atoms with van der Waals surface area (Å²) in [4.78, 5) is 16.7. The minimum absolute atomic E-state index is 0.0779. The third kappa shape index (κ3) is 3.99. The van der Waals surface area contributed by atoms with Crippen molar-refractivity contribution in [1.29, 1.82) is 0 Å². The number of carbonyl (C=O) groups is 1. The Kier molecular flexibility index (Phi) is 5.18. The van der Waals surface area contributed by atoms with Gasteiger partial charge in [-0.25, -0.2) is 9.48 Å². The summed E-state index contributed by atoms with van der Waals surface area (Å²) in [6.07, 6.45) is 0. The van der Waals surface area contributed by atoms with Crippen LogP contribution in [0, 0.1) is 13.8 Å². The number of fused-ring (bicyclic) bond motifs is 1. The van der Waals surface area contributed by atoms with Gasteiger partial charge in [0.2, 0.25) is 0 Å². The molecule has 0 unspecified atom stereocenters. The highest BCUT2D eigenvalue weighted by atomic mass is 16.2. The van der Waals surface area contributed by atoms with Gasteiger partial charge in [-0.05, 0) is 55.0 Å². The number of amides is 2. The standard InChI is InChI=1S/C24H25N7O/c1-17-15-18(2)31(28-17)23-10-9-22(26-27-23)29-11-13-30(14-12-29)24(32)25-21-8-7-19-5-3-4-6-20(19)16-21/h3-10,15-16H,11-14H2,1-2H3,(H,25,32). The number of aryl methyl sites for hydroxylation is 2. The van der Waals surface area contributed by atoms with Gasteiger partial charge in [0, 0.05) is 37.6 Å². The summed E-state index contributed by atoms with van der Waals surface area (Å²) in [5.41, 5.74) is 2.78. The lowest BCUT2D eigenvalue weighted by atomic mass is 10.1. The molecule has 1 aliphatic heterocycles. The summed E-state index contributed by atoms with van der Waals surface area (Å²) in [7, 11) is 0. The fraction of sp³-hybridized carbons (Fsp3) is 0.250. The first kappa shape index (κ1) is 20.0. The Morgan fingerprint density at radius 1 is 0.844 bits per heavy atom. The third-order valence-corrected chi connectivity index (χ3v) is 5.75. The molecular formula is C24H25N7O. The molecule has 1 aliphatic rings. The second-order valence-electron chi connectivity index (χ2n) is 8.05. The van der Waals surface area contributed by atoms with E-state index in [1.807, 2.05) is 73.3 Å². The van der Waals surface area contributed by atoms with Gasteiger partial charge in [-0.15, -0.1) is 10.2 Å². The topological polar surface area (TPSA) is 79.2 Å². The Morgan fingerprint density at radius 3 is 2.25 bits per heavy atom. The fourth-order valence-corrected chi connectivity index (χ4v) is 4.07. The predicted octanol–water partition coefficient (Wildman–Crippen LogP) is 3.79. The van der Waals surface area contributed by atoms with Crippen LogP contribution in [0.1, 0.15) is 11.4 Å². The molecule has 0 spiro atoms. The molecule has 0 aliphatic carbocycles. The first-order chi connectivity index (χ1) is 15.6. The molecule has 162 valence electrons. The highest BCUT2D eigenvalue weighted by Gasteiger charge is 2.22. The fourth-order valence-electron chi connectivity index (χ4n) is 4.07. The molecule has 3 heterocycles. The molecule has 8 heteroatoms. The van der Waals surface area contributed by atoms with E-state index >= 15 is 0 Å². The van der Waals surface area contributed by atoms with Gasteiger partial charge in [-0.2, -0.15) is 5.10 Å². The first-order valence-corrected chi connectivity index (χ1v) is 10.7. The van der Waals surface area contributed by atoms with E-state index in [9.17, 15) is 4.79 Å². The van der Waals surface area contributed by atoms with Crippen LogP contribution in [0.15, 0.2) is 60.7 Å². The molecule has 2 amide bonds.